The summed E-state index contributed by atoms with van der Waals surface area (Å²) < 4.78 is 8.29. The fourth-order valence-electron chi connectivity index (χ4n) is 5.96. The molecule has 2 heterocycles. The van der Waals surface area contributed by atoms with Crippen molar-refractivity contribution < 1.29 is 14.3 Å². The Morgan fingerprint density at radius 1 is 1.10 bits per heavy atom. The van der Waals surface area contributed by atoms with Crippen LogP contribution in [0.4, 0.5) is 0 Å². The van der Waals surface area contributed by atoms with Gasteiger partial charge in [-0.25, -0.2) is 0 Å². The van der Waals surface area contributed by atoms with E-state index in [0.29, 0.717) is 31.0 Å². The molecule has 5 rings (SSSR count). The maximum absolute atomic E-state index is 13.3. The molecule has 0 radical (unpaired) electrons. The fraction of sp³-hybridized carbons (Fsp3) is 0.818. The zero-order valence-electron chi connectivity index (χ0n) is 17.8. The third-order valence-corrected chi connectivity index (χ3v) is 7.89. The molecule has 164 valence electrons. The smallest absolute Gasteiger partial charge is 0.226 e. The summed E-state index contributed by atoms with van der Waals surface area (Å²) in [5, 5.41) is 10.8. The van der Waals surface area contributed by atoms with Crippen LogP contribution < -0.4 is 5.32 Å². The second kappa shape index (κ2) is 8.29. The predicted molar refractivity (Wildman–Crippen MR) is 109 cm³/mol. The minimum Gasteiger partial charge on any atom is -0.369 e. The molecule has 1 N–H and O–H groups in total. The van der Waals surface area contributed by atoms with E-state index in [-0.39, 0.29) is 36.0 Å². The Kier molecular flexibility index (Phi) is 5.52. The Labute approximate surface area is 177 Å². The van der Waals surface area contributed by atoms with Crippen LogP contribution in [0.25, 0.3) is 0 Å². The Bertz CT molecular complexity index is 763. The number of nitrogens with one attached hydrogen (secondary N) is 1. The van der Waals surface area contributed by atoms with Gasteiger partial charge in [0.15, 0.2) is 0 Å². The first-order valence-corrected chi connectivity index (χ1v) is 11.7. The van der Waals surface area contributed by atoms with Crippen LogP contribution >= 0.6 is 0 Å². The first-order chi connectivity index (χ1) is 14.6. The highest BCUT2D eigenvalue weighted by molar-refractivity contribution is 5.80. The standard InChI is InChI=1S/C22H33N5O3/c1-14-4-2-5-18(14)22(29)27-11-17(30-20-7-3-6-19(20)27)10-23-21(28)15-8-16(9-15)26-12-24-25-13-26/h12-20H,2-11H2,1H3,(H,23,28)/t14-,15?,16?,17-,18-,19+,20+/m1/s1. The van der Waals surface area contributed by atoms with E-state index < -0.39 is 0 Å². The van der Waals surface area contributed by atoms with Gasteiger partial charge in [0.25, 0.3) is 0 Å². The second-order valence-electron chi connectivity index (χ2n) is 9.78. The van der Waals surface area contributed by atoms with E-state index in [4.69, 9.17) is 4.74 Å². The van der Waals surface area contributed by atoms with E-state index in [1.54, 1.807) is 12.7 Å². The average molecular weight is 416 g/mol. The molecule has 8 nitrogen and oxygen atoms in total. The van der Waals surface area contributed by atoms with Crippen LogP contribution in [-0.2, 0) is 14.3 Å². The number of fused-ring (bicyclic) bond motifs is 1. The molecule has 8 heteroatoms. The number of hydrogen-bond donors (Lipinski definition) is 1. The van der Waals surface area contributed by atoms with E-state index >= 15 is 0 Å². The second-order valence-corrected chi connectivity index (χ2v) is 9.78. The molecule has 3 aliphatic carbocycles. The zero-order chi connectivity index (χ0) is 20.7. The third kappa shape index (κ3) is 3.74. The summed E-state index contributed by atoms with van der Waals surface area (Å²) in [5.41, 5.74) is 0. The van der Waals surface area contributed by atoms with Crippen molar-refractivity contribution in [3.05, 3.63) is 12.7 Å². The van der Waals surface area contributed by atoms with Gasteiger partial charge >= 0.3 is 0 Å². The molecular formula is C22H33N5O3. The summed E-state index contributed by atoms with van der Waals surface area (Å²) in [6.07, 6.45) is 11.6. The summed E-state index contributed by atoms with van der Waals surface area (Å²) in [6.45, 7) is 3.31. The van der Waals surface area contributed by atoms with Gasteiger partial charge in [0.2, 0.25) is 11.8 Å². The highest BCUT2D eigenvalue weighted by Crippen LogP contribution is 2.39. The SMILES string of the molecule is C[C@@H]1CCC[C@H]1C(=O)N1C[C@@H](CNC(=O)C2CC(n3cnnc3)C2)O[C@H]2CCC[C@@H]21. The molecular weight excluding hydrogens is 382 g/mol. The Morgan fingerprint density at radius 3 is 2.60 bits per heavy atom. The minimum absolute atomic E-state index is 0.0392. The Morgan fingerprint density at radius 2 is 1.87 bits per heavy atom. The van der Waals surface area contributed by atoms with Gasteiger partial charge in [0, 0.05) is 31.0 Å². The molecule has 3 saturated carbocycles. The maximum Gasteiger partial charge on any atom is 0.226 e. The van der Waals surface area contributed by atoms with Crippen LogP contribution in [0.2, 0.25) is 0 Å². The number of carbonyl (C=O) groups excluding carboxylic acids is 2. The largest absolute Gasteiger partial charge is 0.369 e. The topological polar surface area (TPSA) is 89.4 Å². The molecule has 30 heavy (non-hydrogen) atoms. The van der Waals surface area contributed by atoms with Crippen molar-refractivity contribution in [2.75, 3.05) is 13.1 Å². The van der Waals surface area contributed by atoms with Crippen molar-refractivity contribution in [3.8, 4) is 0 Å². The van der Waals surface area contributed by atoms with Crippen LogP contribution in [0, 0.1) is 17.8 Å². The highest BCUT2D eigenvalue weighted by Gasteiger charge is 2.45. The van der Waals surface area contributed by atoms with E-state index in [1.165, 1.54) is 0 Å². The van der Waals surface area contributed by atoms with E-state index in [9.17, 15) is 9.59 Å². The van der Waals surface area contributed by atoms with Gasteiger partial charge in [-0.05, 0) is 50.9 Å². The summed E-state index contributed by atoms with van der Waals surface area (Å²) in [5.74, 6) is 1.11. The summed E-state index contributed by atoms with van der Waals surface area (Å²) in [6, 6.07) is 0.552. The molecule has 1 aromatic rings. The Hall–Kier alpha value is -1.96. The molecule has 0 unspecified atom stereocenters. The molecule has 0 spiro atoms. The summed E-state index contributed by atoms with van der Waals surface area (Å²) in [4.78, 5) is 28.0. The molecule has 1 aliphatic heterocycles. The lowest BCUT2D eigenvalue weighted by Gasteiger charge is -2.43. The summed E-state index contributed by atoms with van der Waals surface area (Å²) >= 11 is 0. The molecule has 0 bridgehead atoms. The molecule has 2 amide bonds. The van der Waals surface area contributed by atoms with Crippen molar-refractivity contribution in [1.82, 2.24) is 25.0 Å². The quantitative estimate of drug-likeness (QED) is 0.794. The van der Waals surface area contributed by atoms with E-state index in [2.05, 4.69) is 27.3 Å². The van der Waals surface area contributed by atoms with Gasteiger partial charge in [0.1, 0.15) is 12.7 Å². The third-order valence-electron chi connectivity index (χ3n) is 7.89. The van der Waals surface area contributed by atoms with Crippen LogP contribution in [0.1, 0.15) is 64.3 Å². The zero-order valence-corrected chi connectivity index (χ0v) is 17.8. The molecule has 1 aromatic heterocycles. The van der Waals surface area contributed by atoms with Gasteiger partial charge in [-0.3, -0.25) is 9.59 Å². The lowest BCUT2D eigenvalue weighted by molar-refractivity contribution is -0.158. The number of carbonyl (C=O) groups is 2. The Balaban J connectivity index is 1.15. The van der Waals surface area contributed by atoms with Crippen molar-refractivity contribution in [3.63, 3.8) is 0 Å². The molecule has 5 atom stereocenters. The van der Waals surface area contributed by atoms with Crippen LogP contribution in [0.5, 0.6) is 0 Å². The maximum atomic E-state index is 13.3. The normalized spacial score (nSPS) is 38.2. The van der Waals surface area contributed by atoms with E-state index in [1.807, 2.05) is 4.57 Å². The lowest BCUT2D eigenvalue weighted by atomic mass is 9.79. The number of aromatic nitrogens is 3. The first kappa shape index (κ1) is 20.0. The monoisotopic (exact) mass is 415 g/mol. The molecule has 4 aliphatic rings. The van der Waals surface area contributed by atoms with Crippen molar-refractivity contribution in [2.45, 2.75) is 82.6 Å². The number of ether oxygens (including phenoxy) is 1. The highest BCUT2D eigenvalue weighted by atomic mass is 16.5. The average Bonchev–Trinajstić information content (AvgIpc) is 3.45. The fourth-order valence-corrected chi connectivity index (χ4v) is 5.96. The molecule has 1 saturated heterocycles. The van der Waals surface area contributed by atoms with Gasteiger partial charge in [-0.15, -0.1) is 10.2 Å². The number of amides is 2. The number of nitrogens with zero attached hydrogens (tertiary/aromatic N) is 4. The van der Waals surface area contributed by atoms with Crippen LogP contribution in [0.3, 0.4) is 0 Å². The first-order valence-electron chi connectivity index (χ1n) is 11.7. The van der Waals surface area contributed by atoms with Gasteiger partial charge in [0.05, 0.1) is 18.2 Å². The minimum atomic E-state index is -0.109. The number of hydrogen-bond acceptors (Lipinski definition) is 5. The lowest BCUT2D eigenvalue weighted by Crippen LogP contribution is -2.58. The number of rotatable bonds is 5. The molecule has 4 fully saturated rings. The van der Waals surface area contributed by atoms with Crippen LogP contribution in [0.15, 0.2) is 12.7 Å². The van der Waals surface area contributed by atoms with Gasteiger partial charge < -0.3 is 19.5 Å². The van der Waals surface area contributed by atoms with E-state index in [0.717, 1.165) is 51.4 Å². The van der Waals surface area contributed by atoms with Crippen molar-refractivity contribution in [1.29, 1.82) is 0 Å². The number of morpholine rings is 1. The van der Waals surface area contributed by atoms with Gasteiger partial charge in [-0.1, -0.05) is 13.3 Å². The van der Waals surface area contributed by atoms with Crippen molar-refractivity contribution >= 4 is 11.8 Å². The van der Waals surface area contributed by atoms with Crippen molar-refractivity contribution in [2.24, 2.45) is 17.8 Å². The predicted octanol–water partition coefficient (Wildman–Crippen LogP) is 1.93. The molecule has 0 aromatic carbocycles. The van der Waals surface area contributed by atoms with Gasteiger partial charge in [-0.2, -0.15) is 0 Å². The summed E-state index contributed by atoms with van der Waals surface area (Å²) in [7, 11) is 0. The van der Waals surface area contributed by atoms with Crippen LogP contribution in [-0.4, -0.2) is 62.8 Å².